The van der Waals surface area contributed by atoms with E-state index >= 15 is 0 Å². The number of alkyl halides is 3. The largest absolute Gasteiger partial charge is 0.497 e. The fourth-order valence-electron chi connectivity index (χ4n) is 4.43. The van der Waals surface area contributed by atoms with Crippen LogP contribution in [-0.4, -0.2) is 43.8 Å². The monoisotopic (exact) mass is 615 g/mol. The van der Waals surface area contributed by atoms with E-state index in [1.165, 1.54) is 12.1 Å². The first-order chi connectivity index (χ1) is 20.4. The van der Waals surface area contributed by atoms with Gasteiger partial charge in [-0.15, -0.1) is 11.8 Å². The Balaban J connectivity index is 1.56. The molecule has 228 valence electrons. The minimum Gasteiger partial charge on any atom is -0.497 e. The Morgan fingerprint density at radius 2 is 1.63 bits per heavy atom. The van der Waals surface area contributed by atoms with Crippen LogP contribution in [-0.2, 0) is 29.8 Å². The standard InChI is InChI=1S/C32H32F3NO6S/c1-20-11-27(9-10-28(20)41-18-31(37)38)43-19-23-14-29(22-5-7-24(8-6-22)32(33,34)35)42-30(23)17-36(2)16-21-12-25(39-3)15-26(13-21)40-4/h5-15H,16-19H2,1-4H3,(H,37,38). The predicted octanol–water partition coefficient (Wildman–Crippen LogP) is 7.68. The maximum atomic E-state index is 13.1. The third-order valence-corrected chi connectivity index (χ3v) is 7.61. The molecule has 0 aliphatic carbocycles. The third-order valence-electron chi connectivity index (χ3n) is 6.56. The molecular weight excluding hydrogens is 583 g/mol. The minimum atomic E-state index is -4.42. The zero-order valence-corrected chi connectivity index (χ0v) is 25.0. The van der Waals surface area contributed by atoms with Gasteiger partial charge in [-0.3, -0.25) is 4.90 Å². The molecule has 0 bridgehead atoms. The molecule has 4 rings (SSSR count). The van der Waals surface area contributed by atoms with Gasteiger partial charge in [-0.25, -0.2) is 4.79 Å². The number of carbonyl (C=O) groups is 1. The summed E-state index contributed by atoms with van der Waals surface area (Å²) in [6.45, 7) is 2.43. The second kappa shape index (κ2) is 13.9. The summed E-state index contributed by atoms with van der Waals surface area (Å²) in [5.74, 6) is 2.51. The van der Waals surface area contributed by atoms with Crippen LogP contribution in [0, 0.1) is 6.92 Å². The first-order valence-electron chi connectivity index (χ1n) is 13.2. The molecule has 0 saturated carbocycles. The summed E-state index contributed by atoms with van der Waals surface area (Å²) < 4.78 is 61.7. The number of hydrogen-bond acceptors (Lipinski definition) is 7. The lowest BCUT2D eigenvalue weighted by molar-refractivity contribution is -0.139. The number of aryl methyl sites for hydroxylation is 1. The summed E-state index contributed by atoms with van der Waals surface area (Å²) in [5, 5.41) is 8.88. The van der Waals surface area contributed by atoms with Gasteiger partial charge in [0.05, 0.1) is 26.3 Å². The quantitative estimate of drug-likeness (QED) is 0.154. The lowest BCUT2D eigenvalue weighted by atomic mass is 10.1. The highest BCUT2D eigenvalue weighted by molar-refractivity contribution is 7.98. The van der Waals surface area contributed by atoms with Crippen LogP contribution in [0.4, 0.5) is 13.2 Å². The van der Waals surface area contributed by atoms with E-state index in [1.54, 1.807) is 38.1 Å². The number of ether oxygens (including phenoxy) is 3. The van der Waals surface area contributed by atoms with E-state index in [-0.39, 0.29) is 0 Å². The van der Waals surface area contributed by atoms with Crippen LogP contribution in [0.25, 0.3) is 11.3 Å². The van der Waals surface area contributed by atoms with E-state index in [4.69, 9.17) is 23.7 Å². The van der Waals surface area contributed by atoms with Gasteiger partial charge in [0.25, 0.3) is 0 Å². The van der Waals surface area contributed by atoms with E-state index < -0.39 is 24.3 Å². The van der Waals surface area contributed by atoms with Crippen molar-refractivity contribution >= 4 is 17.7 Å². The molecule has 0 unspecified atom stereocenters. The second-order valence-corrected chi connectivity index (χ2v) is 11.0. The van der Waals surface area contributed by atoms with Crippen molar-refractivity contribution in [2.45, 2.75) is 36.8 Å². The van der Waals surface area contributed by atoms with Gasteiger partial charge >= 0.3 is 12.1 Å². The summed E-state index contributed by atoms with van der Waals surface area (Å²) in [7, 11) is 5.13. The van der Waals surface area contributed by atoms with E-state index in [2.05, 4.69) is 4.90 Å². The van der Waals surface area contributed by atoms with Crippen molar-refractivity contribution in [1.82, 2.24) is 4.90 Å². The van der Waals surface area contributed by atoms with Gasteiger partial charge in [0.1, 0.15) is 28.8 Å². The van der Waals surface area contributed by atoms with E-state index in [0.717, 1.165) is 33.7 Å². The molecule has 7 nitrogen and oxygen atoms in total. The first-order valence-corrected chi connectivity index (χ1v) is 14.2. The highest BCUT2D eigenvalue weighted by Crippen LogP contribution is 2.35. The van der Waals surface area contributed by atoms with Crippen LogP contribution in [0.2, 0.25) is 0 Å². The molecule has 0 atom stereocenters. The van der Waals surface area contributed by atoms with Crippen molar-refractivity contribution in [1.29, 1.82) is 0 Å². The molecular formula is C32H32F3NO6S. The fraction of sp³-hybridized carbons (Fsp3) is 0.281. The van der Waals surface area contributed by atoms with Crippen LogP contribution in [0.3, 0.4) is 0 Å². The molecule has 0 aliphatic rings. The molecule has 1 heterocycles. The average molecular weight is 616 g/mol. The molecule has 0 radical (unpaired) electrons. The van der Waals surface area contributed by atoms with Gasteiger partial charge in [0.2, 0.25) is 0 Å². The number of nitrogens with zero attached hydrogens (tertiary/aromatic N) is 1. The van der Waals surface area contributed by atoms with Crippen molar-refractivity contribution in [3.8, 4) is 28.6 Å². The summed E-state index contributed by atoms with van der Waals surface area (Å²) in [4.78, 5) is 13.9. The average Bonchev–Trinajstić information content (AvgIpc) is 3.36. The van der Waals surface area contributed by atoms with Crippen LogP contribution >= 0.6 is 11.8 Å². The number of carboxylic acid groups (broad SMARTS) is 1. The Kier molecular flexibility index (Phi) is 10.3. The normalized spacial score (nSPS) is 11.5. The lowest BCUT2D eigenvalue weighted by Gasteiger charge is -2.17. The number of hydrogen-bond donors (Lipinski definition) is 1. The van der Waals surface area contributed by atoms with Gasteiger partial charge in [-0.05, 0) is 73.6 Å². The van der Waals surface area contributed by atoms with Gasteiger partial charge in [-0.1, -0.05) is 12.1 Å². The first kappa shape index (κ1) is 31.8. The Hall–Kier alpha value is -4.09. The molecule has 0 amide bonds. The van der Waals surface area contributed by atoms with Crippen molar-refractivity contribution in [2.24, 2.45) is 0 Å². The van der Waals surface area contributed by atoms with E-state index in [9.17, 15) is 18.0 Å². The number of carboxylic acids is 1. The fourth-order valence-corrected chi connectivity index (χ4v) is 5.42. The maximum absolute atomic E-state index is 13.1. The highest BCUT2D eigenvalue weighted by atomic mass is 32.2. The van der Waals surface area contributed by atoms with Crippen molar-refractivity contribution in [3.05, 3.63) is 94.7 Å². The number of halogens is 3. The van der Waals surface area contributed by atoms with Gasteiger partial charge < -0.3 is 23.7 Å². The number of aliphatic carboxylic acids is 1. The SMILES string of the molecule is COc1cc(CN(C)Cc2oc(-c3ccc(C(F)(F)F)cc3)cc2CSc2ccc(OCC(=O)O)c(C)c2)cc(OC)c1. The summed E-state index contributed by atoms with van der Waals surface area (Å²) in [6, 6.07) is 17.9. The number of benzene rings is 3. The Morgan fingerprint density at radius 3 is 2.21 bits per heavy atom. The molecule has 0 fully saturated rings. The third kappa shape index (κ3) is 8.71. The Bertz CT molecular complexity index is 1530. The number of methoxy groups -OCH3 is 2. The van der Waals surface area contributed by atoms with E-state index in [1.807, 2.05) is 44.3 Å². The highest BCUT2D eigenvalue weighted by Gasteiger charge is 2.30. The van der Waals surface area contributed by atoms with Crippen LogP contribution in [0.15, 0.2) is 76.0 Å². The lowest BCUT2D eigenvalue weighted by Crippen LogP contribution is -2.17. The number of furan rings is 1. The van der Waals surface area contributed by atoms with Crippen LogP contribution in [0.5, 0.6) is 17.2 Å². The van der Waals surface area contributed by atoms with Crippen LogP contribution < -0.4 is 14.2 Å². The van der Waals surface area contributed by atoms with Crippen molar-refractivity contribution in [2.75, 3.05) is 27.9 Å². The Labute approximate surface area is 252 Å². The number of rotatable bonds is 13. The smallest absolute Gasteiger partial charge is 0.416 e. The molecule has 11 heteroatoms. The Morgan fingerprint density at radius 1 is 0.953 bits per heavy atom. The molecule has 0 saturated heterocycles. The second-order valence-electron chi connectivity index (χ2n) is 9.93. The molecule has 0 spiro atoms. The molecule has 1 aromatic heterocycles. The molecule has 43 heavy (non-hydrogen) atoms. The number of thioether (sulfide) groups is 1. The molecule has 1 N–H and O–H groups in total. The summed E-state index contributed by atoms with van der Waals surface area (Å²) in [6.07, 6.45) is -4.42. The zero-order chi connectivity index (χ0) is 31.1. The van der Waals surface area contributed by atoms with E-state index in [0.29, 0.717) is 53.2 Å². The van der Waals surface area contributed by atoms with Gasteiger partial charge in [0.15, 0.2) is 6.61 Å². The van der Waals surface area contributed by atoms with Crippen molar-refractivity contribution in [3.63, 3.8) is 0 Å². The van der Waals surface area contributed by atoms with Crippen LogP contribution in [0.1, 0.15) is 28.0 Å². The predicted molar refractivity (Wildman–Crippen MR) is 158 cm³/mol. The zero-order valence-electron chi connectivity index (χ0n) is 24.2. The molecule has 0 aliphatic heterocycles. The minimum absolute atomic E-state index is 0.422. The molecule has 4 aromatic rings. The maximum Gasteiger partial charge on any atom is 0.416 e. The van der Waals surface area contributed by atoms with Crippen molar-refractivity contribution < 1.29 is 41.7 Å². The van der Waals surface area contributed by atoms with Gasteiger partial charge in [0, 0.05) is 34.4 Å². The summed E-state index contributed by atoms with van der Waals surface area (Å²) >= 11 is 1.56. The van der Waals surface area contributed by atoms with Gasteiger partial charge in [-0.2, -0.15) is 13.2 Å². The molecule has 3 aromatic carbocycles. The summed E-state index contributed by atoms with van der Waals surface area (Å²) in [5.41, 5.74) is 2.50. The topological polar surface area (TPSA) is 81.4 Å².